The molecule has 0 amide bonds. The SMILES string of the molecule is Cc1ccc(C)c(C(=O)CN(Cc2cccs2)C2CC2)c1. The molecule has 3 heteroatoms. The zero-order valence-corrected chi connectivity index (χ0v) is 13.5. The molecule has 0 radical (unpaired) electrons. The van der Waals surface area contributed by atoms with Crippen LogP contribution in [0.4, 0.5) is 0 Å². The number of ketones is 1. The maximum atomic E-state index is 12.7. The molecule has 1 heterocycles. The maximum absolute atomic E-state index is 12.7. The minimum Gasteiger partial charge on any atom is -0.293 e. The summed E-state index contributed by atoms with van der Waals surface area (Å²) in [6.07, 6.45) is 2.46. The van der Waals surface area contributed by atoms with Crippen LogP contribution in [0.1, 0.15) is 39.2 Å². The van der Waals surface area contributed by atoms with Gasteiger partial charge in [-0.25, -0.2) is 0 Å². The van der Waals surface area contributed by atoms with Gasteiger partial charge in [0.25, 0.3) is 0 Å². The van der Waals surface area contributed by atoms with Gasteiger partial charge in [-0.2, -0.15) is 0 Å². The number of benzene rings is 1. The van der Waals surface area contributed by atoms with E-state index in [1.165, 1.54) is 17.7 Å². The minimum absolute atomic E-state index is 0.250. The molecule has 0 spiro atoms. The molecule has 0 atom stereocenters. The number of Topliss-reactive ketones (excluding diaryl/α,β-unsaturated/α-hetero) is 1. The highest BCUT2D eigenvalue weighted by atomic mass is 32.1. The Balaban J connectivity index is 1.73. The Labute approximate surface area is 130 Å². The first-order chi connectivity index (χ1) is 10.1. The monoisotopic (exact) mass is 299 g/mol. The van der Waals surface area contributed by atoms with Crippen LogP contribution >= 0.6 is 11.3 Å². The van der Waals surface area contributed by atoms with Gasteiger partial charge in [-0.05, 0) is 49.8 Å². The predicted molar refractivity (Wildman–Crippen MR) is 88.0 cm³/mol. The average molecular weight is 299 g/mol. The van der Waals surface area contributed by atoms with E-state index in [4.69, 9.17) is 0 Å². The van der Waals surface area contributed by atoms with Crippen LogP contribution in [-0.2, 0) is 6.54 Å². The van der Waals surface area contributed by atoms with Crippen LogP contribution < -0.4 is 0 Å². The smallest absolute Gasteiger partial charge is 0.177 e. The van der Waals surface area contributed by atoms with E-state index >= 15 is 0 Å². The number of hydrogen-bond donors (Lipinski definition) is 0. The number of carbonyl (C=O) groups excluding carboxylic acids is 1. The lowest BCUT2D eigenvalue weighted by Gasteiger charge is -2.21. The van der Waals surface area contributed by atoms with Crippen molar-refractivity contribution in [3.63, 3.8) is 0 Å². The van der Waals surface area contributed by atoms with Crippen LogP contribution in [0.5, 0.6) is 0 Å². The summed E-state index contributed by atoms with van der Waals surface area (Å²) in [5, 5.41) is 2.10. The quantitative estimate of drug-likeness (QED) is 0.745. The lowest BCUT2D eigenvalue weighted by Crippen LogP contribution is -2.31. The largest absolute Gasteiger partial charge is 0.293 e. The van der Waals surface area contributed by atoms with Crippen molar-refractivity contribution < 1.29 is 4.79 Å². The van der Waals surface area contributed by atoms with Crippen LogP contribution in [0.3, 0.4) is 0 Å². The highest BCUT2D eigenvalue weighted by Gasteiger charge is 2.30. The van der Waals surface area contributed by atoms with Crippen molar-refractivity contribution in [2.75, 3.05) is 6.54 Å². The molecular weight excluding hydrogens is 278 g/mol. The van der Waals surface area contributed by atoms with Gasteiger partial charge in [0.15, 0.2) is 5.78 Å². The summed E-state index contributed by atoms with van der Waals surface area (Å²) in [5.41, 5.74) is 3.12. The van der Waals surface area contributed by atoms with E-state index in [9.17, 15) is 4.79 Å². The molecule has 0 N–H and O–H groups in total. The van der Waals surface area contributed by atoms with Crippen LogP contribution in [-0.4, -0.2) is 23.3 Å². The first-order valence-corrected chi connectivity index (χ1v) is 8.38. The van der Waals surface area contributed by atoms with Crippen LogP contribution in [0.25, 0.3) is 0 Å². The third-order valence-corrected chi connectivity index (χ3v) is 4.90. The number of nitrogens with zero attached hydrogens (tertiary/aromatic N) is 1. The normalized spacial score (nSPS) is 14.6. The van der Waals surface area contributed by atoms with E-state index in [1.54, 1.807) is 11.3 Å². The highest BCUT2D eigenvalue weighted by molar-refractivity contribution is 7.09. The molecule has 2 nitrogen and oxygen atoms in total. The van der Waals surface area contributed by atoms with E-state index < -0.39 is 0 Å². The molecule has 1 fully saturated rings. The fourth-order valence-electron chi connectivity index (χ4n) is 2.66. The Morgan fingerprint density at radius 2 is 2.10 bits per heavy atom. The summed E-state index contributed by atoms with van der Waals surface area (Å²) in [6.45, 7) is 5.50. The summed E-state index contributed by atoms with van der Waals surface area (Å²) < 4.78 is 0. The molecule has 0 unspecified atom stereocenters. The number of aryl methyl sites for hydroxylation is 2. The second-order valence-corrected chi connectivity index (χ2v) is 6.99. The first-order valence-electron chi connectivity index (χ1n) is 7.50. The predicted octanol–water partition coefficient (Wildman–Crippen LogP) is 4.21. The van der Waals surface area contributed by atoms with Crippen molar-refractivity contribution in [2.24, 2.45) is 0 Å². The summed E-state index contributed by atoms with van der Waals surface area (Å²) in [4.78, 5) is 16.3. The van der Waals surface area contributed by atoms with Gasteiger partial charge >= 0.3 is 0 Å². The van der Waals surface area contributed by atoms with E-state index in [0.29, 0.717) is 12.6 Å². The highest BCUT2D eigenvalue weighted by Crippen LogP contribution is 2.29. The number of rotatable bonds is 6. The molecule has 0 bridgehead atoms. The summed E-state index contributed by atoms with van der Waals surface area (Å²) in [6, 6.07) is 11.0. The van der Waals surface area contributed by atoms with Crippen LogP contribution in [0.15, 0.2) is 35.7 Å². The van der Waals surface area contributed by atoms with Crippen molar-refractivity contribution in [1.29, 1.82) is 0 Å². The molecule has 3 rings (SSSR count). The van der Waals surface area contributed by atoms with Crippen molar-refractivity contribution >= 4 is 17.1 Å². The van der Waals surface area contributed by atoms with Crippen molar-refractivity contribution in [3.05, 3.63) is 57.3 Å². The van der Waals surface area contributed by atoms with E-state index in [2.05, 4.69) is 28.5 Å². The first kappa shape index (κ1) is 14.5. The molecule has 2 aromatic rings. The molecule has 110 valence electrons. The van der Waals surface area contributed by atoms with Crippen LogP contribution in [0, 0.1) is 13.8 Å². The van der Waals surface area contributed by atoms with Gasteiger partial charge in [0, 0.05) is 23.0 Å². The van der Waals surface area contributed by atoms with E-state index in [1.807, 2.05) is 26.0 Å². The van der Waals surface area contributed by atoms with Gasteiger partial charge in [0.1, 0.15) is 0 Å². The maximum Gasteiger partial charge on any atom is 0.177 e. The Morgan fingerprint density at radius 1 is 1.29 bits per heavy atom. The Morgan fingerprint density at radius 3 is 2.76 bits per heavy atom. The van der Waals surface area contributed by atoms with Gasteiger partial charge < -0.3 is 0 Å². The lowest BCUT2D eigenvalue weighted by molar-refractivity contribution is 0.0919. The molecular formula is C18H21NOS. The average Bonchev–Trinajstić information content (AvgIpc) is 3.19. The molecule has 1 aliphatic carbocycles. The van der Waals surface area contributed by atoms with Crippen molar-refractivity contribution in [3.8, 4) is 0 Å². The summed E-state index contributed by atoms with van der Waals surface area (Å²) in [5.74, 6) is 0.250. The topological polar surface area (TPSA) is 20.3 Å². The summed E-state index contributed by atoms with van der Waals surface area (Å²) in [7, 11) is 0. The molecule has 1 saturated carbocycles. The third kappa shape index (κ3) is 3.60. The fraction of sp³-hybridized carbons (Fsp3) is 0.389. The Hall–Kier alpha value is -1.45. The molecule has 21 heavy (non-hydrogen) atoms. The van der Waals surface area contributed by atoms with Gasteiger partial charge in [0.05, 0.1) is 6.54 Å². The second-order valence-electron chi connectivity index (χ2n) is 5.96. The number of hydrogen-bond acceptors (Lipinski definition) is 3. The van der Waals surface area contributed by atoms with Crippen molar-refractivity contribution in [1.82, 2.24) is 4.90 Å². The second kappa shape index (κ2) is 6.12. The standard InChI is InChI=1S/C18H21NOS/c1-13-5-6-14(2)17(10-13)18(20)12-19(15-7-8-15)11-16-4-3-9-21-16/h3-6,9-10,15H,7-8,11-12H2,1-2H3. The number of thiophene rings is 1. The lowest BCUT2D eigenvalue weighted by atomic mass is 10.0. The zero-order valence-electron chi connectivity index (χ0n) is 12.6. The van der Waals surface area contributed by atoms with Gasteiger partial charge in [-0.15, -0.1) is 11.3 Å². The Bertz CT molecular complexity index is 629. The molecule has 1 aromatic carbocycles. The van der Waals surface area contributed by atoms with E-state index in [0.717, 1.165) is 23.2 Å². The van der Waals surface area contributed by atoms with Crippen molar-refractivity contribution in [2.45, 2.75) is 39.3 Å². The molecule has 0 saturated heterocycles. The fourth-order valence-corrected chi connectivity index (χ4v) is 3.39. The Kier molecular flexibility index (Phi) is 4.22. The molecule has 1 aromatic heterocycles. The van der Waals surface area contributed by atoms with Gasteiger partial charge in [0.2, 0.25) is 0 Å². The van der Waals surface area contributed by atoms with Gasteiger partial charge in [-0.1, -0.05) is 23.8 Å². The van der Waals surface area contributed by atoms with E-state index in [-0.39, 0.29) is 5.78 Å². The summed E-state index contributed by atoms with van der Waals surface area (Å²) >= 11 is 1.77. The van der Waals surface area contributed by atoms with Gasteiger partial charge in [-0.3, -0.25) is 9.69 Å². The molecule has 0 aliphatic heterocycles. The molecule has 1 aliphatic rings. The minimum atomic E-state index is 0.250. The third-order valence-electron chi connectivity index (χ3n) is 4.04. The zero-order chi connectivity index (χ0) is 14.8. The number of carbonyl (C=O) groups is 1. The van der Waals surface area contributed by atoms with Crippen LogP contribution in [0.2, 0.25) is 0 Å².